The Kier molecular flexibility index (Phi) is 5.49. The van der Waals surface area contributed by atoms with Crippen molar-refractivity contribution in [1.82, 2.24) is 5.32 Å². The minimum absolute atomic E-state index is 0.00931. The molecule has 3 rings (SSSR count). The number of rotatable bonds is 4. The Bertz CT molecular complexity index is 1020. The van der Waals surface area contributed by atoms with Crippen molar-refractivity contribution >= 4 is 46.2 Å². The van der Waals surface area contributed by atoms with Gasteiger partial charge in [0.2, 0.25) is 0 Å². The topological polar surface area (TPSA) is 97.4 Å². The highest BCUT2D eigenvalue weighted by atomic mass is 35.5. The summed E-state index contributed by atoms with van der Waals surface area (Å²) in [6.07, 6.45) is 0. The molecular formula is C18H12ClN3O4S. The zero-order valence-corrected chi connectivity index (χ0v) is 15.2. The Hall–Kier alpha value is -3.23. The standard InChI is InChI=1S/C18H12ClN3O4S/c19-12-6-4-11(5-7-12)15-8-9-16(26-15)17(23)21-18(27)20-13-2-1-3-14(10-13)22(24)25/h1-10H,(H2,20,21,23,27). The summed E-state index contributed by atoms with van der Waals surface area (Å²) < 4.78 is 5.54. The number of nitrogens with one attached hydrogen (secondary N) is 2. The highest BCUT2D eigenvalue weighted by Crippen LogP contribution is 2.24. The van der Waals surface area contributed by atoms with Crippen LogP contribution in [0.5, 0.6) is 0 Å². The van der Waals surface area contributed by atoms with Gasteiger partial charge in [-0.05, 0) is 54.7 Å². The second-order valence-electron chi connectivity index (χ2n) is 5.39. The predicted octanol–water partition coefficient (Wildman–Crippen LogP) is 4.64. The number of nitrogens with zero attached hydrogens (tertiary/aromatic N) is 1. The molecule has 0 unspecified atom stereocenters. The summed E-state index contributed by atoms with van der Waals surface area (Å²) in [6, 6.07) is 15.9. The van der Waals surface area contributed by atoms with Gasteiger partial charge in [0.05, 0.1) is 4.92 Å². The van der Waals surface area contributed by atoms with Crippen LogP contribution in [0.3, 0.4) is 0 Å². The Morgan fingerprint density at radius 2 is 1.85 bits per heavy atom. The molecule has 27 heavy (non-hydrogen) atoms. The van der Waals surface area contributed by atoms with Crippen LogP contribution in [0, 0.1) is 10.1 Å². The van der Waals surface area contributed by atoms with Crippen LogP contribution >= 0.6 is 23.8 Å². The first-order chi connectivity index (χ1) is 12.9. The van der Waals surface area contributed by atoms with E-state index in [4.69, 9.17) is 28.2 Å². The summed E-state index contributed by atoms with van der Waals surface area (Å²) in [5.74, 6) is 0.0377. The fourth-order valence-electron chi connectivity index (χ4n) is 2.25. The first kappa shape index (κ1) is 18.6. The molecule has 0 saturated carbocycles. The number of carbonyl (C=O) groups excluding carboxylic acids is 1. The first-order valence-electron chi connectivity index (χ1n) is 7.65. The van der Waals surface area contributed by atoms with E-state index in [2.05, 4.69) is 10.6 Å². The van der Waals surface area contributed by atoms with Crippen LogP contribution in [0.25, 0.3) is 11.3 Å². The lowest BCUT2D eigenvalue weighted by molar-refractivity contribution is -0.384. The van der Waals surface area contributed by atoms with E-state index in [0.29, 0.717) is 16.5 Å². The van der Waals surface area contributed by atoms with E-state index in [1.54, 1.807) is 36.4 Å². The molecule has 0 aliphatic heterocycles. The molecule has 0 bridgehead atoms. The molecule has 1 amide bonds. The molecule has 7 nitrogen and oxygen atoms in total. The van der Waals surface area contributed by atoms with Gasteiger partial charge >= 0.3 is 0 Å². The van der Waals surface area contributed by atoms with Crippen LogP contribution in [0.15, 0.2) is 65.1 Å². The van der Waals surface area contributed by atoms with E-state index in [-0.39, 0.29) is 16.6 Å². The Balaban J connectivity index is 1.65. The number of benzene rings is 2. The fraction of sp³-hybridized carbons (Fsp3) is 0. The van der Waals surface area contributed by atoms with Gasteiger partial charge in [0, 0.05) is 28.4 Å². The molecule has 3 aromatic rings. The van der Waals surface area contributed by atoms with Gasteiger partial charge in [-0.2, -0.15) is 0 Å². The average Bonchev–Trinajstić information content (AvgIpc) is 3.12. The van der Waals surface area contributed by atoms with Gasteiger partial charge in [-0.25, -0.2) is 0 Å². The minimum atomic E-state index is -0.543. The second kappa shape index (κ2) is 7.98. The number of non-ortho nitro benzene ring substituents is 1. The normalized spacial score (nSPS) is 10.3. The lowest BCUT2D eigenvalue weighted by Gasteiger charge is -2.08. The maximum absolute atomic E-state index is 12.3. The summed E-state index contributed by atoms with van der Waals surface area (Å²) >= 11 is 10.9. The van der Waals surface area contributed by atoms with Crippen molar-refractivity contribution in [3.63, 3.8) is 0 Å². The molecule has 0 atom stereocenters. The van der Waals surface area contributed by atoms with Crippen molar-refractivity contribution in [3.8, 4) is 11.3 Å². The molecular weight excluding hydrogens is 390 g/mol. The van der Waals surface area contributed by atoms with E-state index >= 15 is 0 Å². The average molecular weight is 402 g/mol. The van der Waals surface area contributed by atoms with Gasteiger partial charge in [-0.1, -0.05) is 17.7 Å². The largest absolute Gasteiger partial charge is 0.451 e. The lowest BCUT2D eigenvalue weighted by atomic mass is 10.2. The molecule has 2 aromatic carbocycles. The van der Waals surface area contributed by atoms with E-state index in [1.165, 1.54) is 24.3 Å². The molecule has 1 heterocycles. The smallest absolute Gasteiger partial charge is 0.293 e. The summed E-state index contributed by atoms with van der Waals surface area (Å²) in [4.78, 5) is 22.5. The molecule has 9 heteroatoms. The van der Waals surface area contributed by atoms with Crippen molar-refractivity contribution in [2.75, 3.05) is 5.32 Å². The number of halogens is 1. The third kappa shape index (κ3) is 4.69. The number of nitro groups is 1. The van der Waals surface area contributed by atoms with Gasteiger partial charge in [0.25, 0.3) is 11.6 Å². The molecule has 0 saturated heterocycles. The number of carbonyl (C=O) groups is 1. The minimum Gasteiger partial charge on any atom is -0.451 e. The first-order valence-corrected chi connectivity index (χ1v) is 8.43. The van der Waals surface area contributed by atoms with Crippen molar-refractivity contribution < 1.29 is 14.1 Å². The van der Waals surface area contributed by atoms with Gasteiger partial charge in [-0.3, -0.25) is 20.2 Å². The van der Waals surface area contributed by atoms with Crippen LogP contribution < -0.4 is 10.6 Å². The Morgan fingerprint density at radius 3 is 2.56 bits per heavy atom. The molecule has 0 aliphatic carbocycles. The van der Waals surface area contributed by atoms with Crippen LogP contribution in [-0.2, 0) is 0 Å². The molecule has 0 aliphatic rings. The number of anilines is 1. The molecule has 1 aromatic heterocycles. The molecule has 2 N–H and O–H groups in total. The second-order valence-corrected chi connectivity index (χ2v) is 6.23. The quantitative estimate of drug-likeness (QED) is 0.375. The maximum atomic E-state index is 12.3. The highest BCUT2D eigenvalue weighted by Gasteiger charge is 2.14. The van der Waals surface area contributed by atoms with Crippen molar-refractivity contribution in [1.29, 1.82) is 0 Å². The van der Waals surface area contributed by atoms with Crippen LogP contribution in [-0.4, -0.2) is 15.9 Å². The Labute approximate surface area is 164 Å². The molecule has 0 fully saturated rings. The third-order valence-electron chi connectivity index (χ3n) is 3.50. The molecule has 0 radical (unpaired) electrons. The predicted molar refractivity (Wildman–Crippen MR) is 106 cm³/mol. The van der Waals surface area contributed by atoms with Crippen molar-refractivity contribution in [2.24, 2.45) is 0 Å². The summed E-state index contributed by atoms with van der Waals surface area (Å²) in [7, 11) is 0. The third-order valence-corrected chi connectivity index (χ3v) is 3.96. The summed E-state index contributed by atoms with van der Waals surface area (Å²) in [5, 5.41) is 16.6. The number of thiocarbonyl (C=S) groups is 1. The maximum Gasteiger partial charge on any atom is 0.293 e. The van der Waals surface area contributed by atoms with E-state index < -0.39 is 10.8 Å². The summed E-state index contributed by atoms with van der Waals surface area (Å²) in [5.41, 5.74) is 1.07. The van der Waals surface area contributed by atoms with E-state index in [1.807, 2.05) is 0 Å². The van der Waals surface area contributed by atoms with Crippen LogP contribution in [0.1, 0.15) is 10.6 Å². The van der Waals surface area contributed by atoms with E-state index in [0.717, 1.165) is 5.56 Å². The molecule has 0 spiro atoms. The number of furan rings is 1. The number of amides is 1. The van der Waals surface area contributed by atoms with Gasteiger partial charge in [-0.15, -0.1) is 0 Å². The summed E-state index contributed by atoms with van der Waals surface area (Å²) in [6.45, 7) is 0. The number of hydrogen-bond donors (Lipinski definition) is 2. The SMILES string of the molecule is O=C(NC(=S)Nc1cccc([N+](=O)[O-])c1)c1ccc(-c2ccc(Cl)cc2)o1. The number of nitro benzene ring substituents is 1. The van der Waals surface area contributed by atoms with Gasteiger partial charge < -0.3 is 9.73 Å². The van der Waals surface area contributed by atoms with Crippen LogP contribution in [0.2, 0.25) is 5.02 Å². The fourth-order valence-corrected chi connectivity index (χ4v) is 2.59. The van der Waals surface area contributed by atoms with Gasteiger partial charge in [0.1, 0.15) is 5.76 Å². The van der Waals surface area contributed by atoms with Gasteiger partial charge in [0.15, 0.2) is 10.9 Å². The number of hydrogen-bond acceptors (Lipinski definition) is 5. The zero-order valence-electron chi connectivity index (χ0n) is 13.6. The Morgan fingerprint density at radius 1 is 1.11 bits per heavy atom. The molecule has 136 valence electrons. The van der Waals surface area contributed by atoms with E-state index in [9.17, 15) is 14.9 Å². The highest BCUT2D eigenvalue weighted by molar-refractivity contribution is 7.80. The lowest BCUT2D eigenvalue weighted by Crippen LogP contribution is -2.33. The zero-order chi connectivity index (χ0) is 19.4. The van der Waals surface area contributed by atoms with Crippen molar-refractivity contribution in [3.05, 3.63) is 81.6 Å². The monoisotopic (exact) mass is 401 g/mol. The van der Waals surface area contributed by atoms with Crippen LogP contribution in [0.4, 0.5) is 11.4 Å². The van der Waals surface area contributed by atoms with Crippen molar-refractivity contribution in [2.45, 2.75) is 0 Å².